The van der Waals surface area contributed by atoms with E-state index >= 15 is 0 Å². The molecule has 1 aliphatic heterocycles. The van der Waals surface area contributed by atoms with E-state index in [-0.39, 0.29) is 19.0 Å². The fourth-order valence-electron chi connectivity index (χ4n) is 2.42. The zero-order chi connectivity index (χ0) is 20.0. The average molecular weight is 406 g/mol. The first kappa shape index (κ1) is 20.8. The number of nitrogens with zero attached hydrogens (tertiary/aromatic N) is 6. The Hall–Kier alpha value is -2.48. The summed E-state index contributed by atoms with van der Waals surface area (Å²) in [5.41, 5.74) is -0.858. The molecule has 1 saturated heterocycles. The molecule has 152 valence electrons. The van der Waals surface area contributed by atoms with Crippen LogP contribution in [0.5, 0.6) is 5.88 Å². The maximum Gasteiger partial charge on any atom is 0.294 e. The number of morpholine rings is 1. The minimum Gasteiger partial charge on any atom is -0.472 e. The standard InChI is InChI=1S/C13H22N6O7S/c1-13(2,3)17(18(20)21)8-10(26-19(22)23)9-25-12-11(14-27-15-12)16-4-6-24-7-5-16/h10H,4-9H2,1-3H3/t10-/m0/s1. The van der Waals surface area contributed by atoms with Crippen molar-refractivity contribution in [2.24, 2.45) is 0 Å². The largest absolute Gasteiger partial charge is 0.472 e. The molecule has 0 saturated carbocycles. The van der Waals surface area contributed by atoms with Crippen molar-refractivity contribution in [1.82, 2.24) is 13.8 Å². The predicted octanol–water partition coefficient (Wildman–Crippen LogP) is 0.623. The SMILES string of the molecule is CC(C)(C)N(C[C@@H](COc1nsnc1N1CCOCC1)O[N+](=O)[O-])[N+](=O)[O-]. The number of ether oxygens (including phenoxy) is 2. The molecular formula is C13H22N6O7S. The first-order chi connectivity index (χ1) is 12.7. The minimum absolute atomic E-state index is 0.210. The van der Waals surface area contributed by atoms with Gasteiger partial charge in [-0.25, -0.2) is 10.1 Å². The third-order valence-electron chi connectivity index (χ3n) is 3.74. The summed E-state index contributed by atoms with van der Waals surface area (Å²) < 4.78 is 19.1. The van der Waals surface area contributed by atoms with Gasteiger partial charge in [-0.3, -0.25) is 0 Å². The van der Waals surface area contributed by atoms with Gasteiger partial charge in [-0.05, 0) is 20.8 Å². The Morgan fingerprint density at radius 3 is 2.52 bits per heavy atom. The lowest BCUT2D eigenvalue weighted by Crippen LogP contribution is -2.50. The summed E-state index contributed by atoms with van der Waals surface area (Å²) >= 11 is 0.948. The monoisotopic (exact) mass is 406 g/mol. The van der Waals surface area contributed by atoms with Gasteiger partial charge in [-0.1, -0.05) is 0 Å². The minimum atomic E-state index is -1.18. The van der Waals surface area contributed by atoms with Crippen molar-refractivity contribution >= 4 is 17.5 Å². The van der Waals surface area contributed by atoms with Crippen LogP contribution in [0.2, 0.25) is 0 Å². The Bertz CT molecular complexity index is 645. The van der Waals surface area contributed by atoms with Crippen LogP contribution in [-0.4, -0.2) is 75.0 Å². The van der Waals surface area contributed by atoms with Gasteiger partial charge in [0.25, 0.3) is 11.0 Å². The second-order valence-corrected chi connectivity index (χ2v) is 7.27. The lowest BCUT2D eigenvalue weighted by molar-refractivity contribution is -0.773. The van der Waals surface area contributed by atoms with Crippen LogP contribution in [0, 0.1) is 20.2 Å². The van der Waals surface area contributed by atoms with E-state index in [1.807, 2.05) is 4.90 Å². The maximum atomic E-state index is 11.3. The van der Waals surface area contributed by atoms with Gasteiger partial charge in [-0.2, -0.15) is 4.37 Å². The van der Waals surface area contributed by atoms with E-state index in [2.05, 4.69) is 13.6 Å². The van der Waals surface area contributed by atoms with Gasteiger partial charge < -0.3 is 19.2 Å². The summed E-state index contributed by atoms with van der Waals surface area (Å²) in [6.45, 7) is 6.60. The van der Waals surface area contributed by atoms with Crippen molar-refractivity contribution in [2.75, 3.05) is 44.4 Å². The van der Waals surface area contributed by atoms with Crippen LogP contribution < -0.4 is 9.64 Å². The van der Waals surface area contributed by atoms with Crippen LogP contribution in [0.4, 0.5) is 5.82 Å². The molecule has 1 aromatic heterocycles. The van der Waals surface area contributed by atoms with Gasteiger partial charge in [0.2, 0.25) is 5.82 Å². The van der Waals surface area contributed by atoms with Crippen LogP contribution >= 0.6 is 11.7 Å². The second kappa shape index (κ2) is 8.94. The van der Waals surface area contributed by atoms with Crippen molar-refractivity contribution < 1.29 is 24.4 Å². The van der Waals surface area contributed by atoms with E-state index in [0.29, 0.717) is 32.1 Å². The molecule has 0 N–H and O–H groups in total. The van der Waals surface area contributed by atoms with E-state index in [9.17, 15) is 20.2 Å². The molecule has 0 spiro atoms. The first-order valence-corrected chi connectivity index (χ1v) is 8.92. The molecule has 27 heavy (non-hydrogen) atoms. The molecule has 1 aromatic rings. The number of anilines is 1. The first-order valence-electron chi connectivity index (χ1n) is 8.19. The lowest BCUT2D eigenvalue weighted by Gasteiger charge is -2.30. The molecule has 2 heterocycles. The summed E-state index contributed by atoms with van der Waals surface area (Å²) in [6, 6.07) is 0. The van der Waals surface area contributed by atoms with E-state index < -0.39 is 21.8 Å². The molecule has 0 amide bonds. The Morgan fingerprint density at radius 2 is 1.96 bits per heavy atom. The van der Waals surface area contributed by atoms with Crippen molar-refractivity contribution in [3.63, 3.8) is 0 Å². The van der Waals surface area contributed by atoms with Crippen LogP contribution in [0.1, 0.15) is 20.8 Å². The second-order valence-electron chi connectivity index (χ2n) is 6.75. The number of nitro groups is 1. The average Bonchev–Trinajstić information content (AvgIpc) is 3.04. The Morgan fingerprint density at radius 1 is 1.30 bits per heavy atom. The van der Waals surface area contributed by atoms with Crippen molar-refractivity contribution in [3.8, 4) is 5.88 Å². The van der Waals surface area contributed by atoms with E-state index in [1.54, 1.807) is 20.8 Å². The highest BCUT2D eigenvalue weighted by Crippen LogP contribution is 2.26. The highest BCUT2D eigenvalue weighted by Gasteiger charge is 2.34. The number of hydrogen-bond acceptors (Lipinski definition) is 11. The molecule has 0 bridgehead atoms. The quantitative estimate of drug-likeness (QED) is 0.420. The number of hydrazine groups is 1. The summed E-state index contributed by atoms with van der Waals surface area (Å²) in [6.07, 6.45) is -1.18. The molecule has 0 radical (unpaired) electrons. The van der Waals surface area contributed by atoms with E-state index in [4.69, 9.17) is 9.47 Å². The summed E-state index contributed by atoms with van der Waals surface area (Å²) in [4.78, 5) is 28.6. The van der Waals surface area contributed by atoms with Crippen molar-refractivity contribution in [3.05, 3.63) is 20.2 Å². The fourth-order valence-corrected chi connectivity index (χ4v) is 2.94. The van der Waals surface area contributed by atoms with Gasteiger partial charge in [0, 0.05) is 13.1 Å². The van der Waals surface area contributed by atoms with E-state index in [0.717, 1.165) is 16.7 Å². The fraction of sp³-hybridized carbons (Fsp3) is 0.846. The molecule has 2 rings (SSSR count). The zero-order valence-corrected chi connectivity index (χ0v) is 16.1. The van der Waals surface area contributed by atoms with Crippen LogP contribution in [0.15, 0.2) is 0 Å². The van der Waals surface area contributed by atoms with Crippen LogP contribution in [0.3, 0.4) is 0 Å². The molecule has 0 unspecified atom stereocenters. The van der Waals surface area contributed by atoms with Crippen molar-refractivity contribution in [1.29, 1.82) is 0 Å². The number of aromatic nitrogens is 2. The van der Waals surface area contributed by atoms with Gasteiger partial charge >= 0.3 is 0 Å². The van der Waals surface area contributed by atoms with Crippen molar-refractivity contribution in [2.45, 2.75) is 32.4 Å². The third kappa shape index (κ3) is 6.02. The summed E-state index contributed by atoms with van der Waals surface area (Å²) in [5, 5.41) is 21.3. The Balaban J connectivity index is 2.05. The maximum absolute atomic E-state index is 11.3. The highest BCUT2D eigenvalue weighted by atomic mass is 32.1. The predicted molar refractivity (Wildman–Crippen MR) is 93.8 cm³/mol. The Labute approximate surface area is 159 Å². The summed E-state index contributed by atoms with van der Waals surface area (Å²) in [5.74, 6) is 0.729. The molecule has 1 atom stereocenters. The molecular weight excluding hydrogens is 384 g/mol. The zero-order valence-electron chi connectivity index (χ0n) is 15.3. The Kier molecular flexibility index (Phi) is 6.90. The number of hydrogen-bond donors (Lipinski definition) is 0. The summed E-state index contributed by atoms with van der Waals surface area (Å²) in [7, 11) is 0. The smallest absolute Gasteiger partial charge is 0.294 e. The van der Waals surface area contributed by atoms with Gasteiger partial charge in [-0.15, -0.1) is 19.5 Å². The van der Waals surface area contributed by atoms with E-state index in [1.165, 1.54) is 0 Å². The van der Waals surface area contributed by atoms with Gasteiger partial charge in [0.05, 0.1) is 30.5 Å². The number of rotatable bonds is 9. The topological polar surface area (TPSA) is 146 Å². The van der Waals surface area contributed by atoms with Gasteiger partial charge in [0.15, 0.2) is 11.1 Å². The molecule has 1 fully saturated rings. The van der Waals surface area contributed by atoms with Crippen LogP contribution in [-0.2, 0) is 9.57 Å². The lowest BCUT2D eigenvalue weighted by atomic mass is 10.1. The molecule has 13 nitrogen and oxygen atoms in total. The highest BCUT2D eigenvalue weighted by molar-refractivity contribution is 6.99. The van der Waals surface area contributed by atoms with Crippen LogP contribution in [0.25, 0.3) is 0 Å². The molecule has 14 heteroatoms. The molecule has 0 aliphatic carbocycles. The third-order valence-corrected chi connectivity index (χ3v) is 4.24. The van der Waals surface area contributed by atoms with Gasteiger partial charge in [0.1, 0.15) is 13.2 Å². The molecule has 1 aliphatic rings. The normalized spacial score (nSPS) is 15.9. The molecule has 0 aromatic carbocycles.